The maximum absolute atomic E-state index is 12.7. The highest BCUT2D eigenvalue weighted by Gasteiger charge is 2.09. The molecule has 1 heterocycles. The molecule has 0 saturated heterocycles. The molecule has 0 spiro atoms. The summed E-state index contributed by atoms with van der Waals surface area (Å²) in [5.41, 5.74) is 6.37. The molecule has 18 heavy (non-hydrogen) atoms. The van der Waals surface area contributed by atoms with E-state index in [2.05, 4.69) is 9.97 Å². The average Bonchev–Trinajstić information content (AvgIpc) is 2.38. The molecule has 2 N–H and O–H groups in total. The number of hydrogen-bond acceptors (Lipinski definition) is 5. The van der Waals surface area contributed by atoms with Crippen LogP contribution >= 0.6 is 0 Å². The van der Waals surface area contributed by atoms with Crippen LogP contribution in [0.4, 0.5) is 10.2 Å². The van der Waals surface area contributed by atoms with E-state index >= 15 is 0 Å². The second-order valence-electron chi connectivity index (χ2n) is 3.51. The number of aromatic nitrogens is 2. The Morgan fingerprint density at radius 3 is 2.67 bits per heavy atom. The first-order valence-electron chi connectivity index (χ1n) is 5.13. The highest BCUT2D eigenvalue weighted by atomic mass is 19.1. The Balaban J connectivity index is 2.13. The summed E-state index contributed by atoms with van der Waals surface area (Å²) in [5, 5.41) is 0. The van der Waals surface area contributed by atoms with Gasteiger partial charge in [0.25, 0.3) is 0 Å². The van der Waals surface area contributed by atoms with E-state index in [-0.39, 0.29) is 29.7 Å². The molecule has 0 fully saturated rings. The van der Waals surface area contributed by atoms with Crippen LogP contribution in [0, 0.1) is 5.82 Å². The number of anilines is 1. The van der Waals surface area contributed by atoms with Gasteiger partial charge in [0.1, 0.15) is 30.1 Å². The number of halogens is 1. The van der Waals surface area contributed by atoms with Crippen LogP contribution < -0.4 is 10.5 Å². The number of rotatable bonds is 4. The quantitative estimate of drug-likeness (QED) is 0.830. The van der Waals surface area contributed by atoms with E-state index in [9.17, 15) is 9.18 Å². The standard InChI is InChI=1S/C12H10FN3O2/c13-9-3-1-8(2-4-9)6-18-12-10(5-17)11(14)15-7-16-12/h1-5,7H,6H2,(H2,14,15,16). The zero-order valence-corrected chi connectivity index (χ0v) is 9.34. The normalized spacial score (nSPS) is 10.1. The minimum atomic E-state index is -0.321. The molecule has 0 aliphatic heterocycles. The van der Waals surface area contributed by atoms with Crippen LogP contribution in [0.25, 0.3) is 0 Å². The Labute approximate surface area is 102 Å². The molecule has 0 unspecified atom stereocenters. The summed E-state index contributed by atoms with van der Waals surface area (Å²) in [6.45, 7) is 0.164. The van der Waals surface area contributed by atoms with E-state index in [1.54, 1.807) is 12.1 Å². The Morgan fingerprint density at radius 2 is 2.00 bits per heavy atom. The van der Waals surface area contributed by atoms with Crippen molar-refractivity contribution in [3.05, 3.63) is 47.5 Å². The van der Waals surface area contributed by atoms with Crippen LogP contribution in [-0.4, -0.2) is 16.3 Å². The van der Waals surface area contributed by atoms with E-state index in [4.69, 9.17) is 10.5 Å². The van der Waals surface area contributed by atoms with Gasteiger partial charge in [-0.3, -0.25) is 4.79 Å². The topological polar surface area (TPSA) is 78.1 Å². The average molecular weight is 247 g/mol. The zero-order chi connectivity index (χ0) is 13.0. The molecular formula is C12H10FN3O2. The van der Waals surface area contributed by atoms with Gasteiger partial charge < -0.3 is 10.5 Å². The highest BCUT2D eigenvalue weighted by molar-refractivity contribution is 5.84. The summed E-state index contributed by atoms with van der Waals surface area (Å²) in [4.78, 5) is 18.3. The Hall–Kier alpha value is -2.50. The van der Waals surface area contributed by atoms with E-state index in [0.29, 0.717) is 6.29 Å². The molecule has 0 aliphatic rings. The van der Waals surface area contributed by atoms with Crippen molar-refractivity contribution in [1.29, 1.82) is 0 Å². The molecule has 2 aromatic rings. The summed E-state index contributed by atoms with van der Waals surface area (Å²) >= 11 is 0. The first-order chi connectivity index (χ1) is 8.70. The molecular weight excluding hydrogens is 237 g/mol. The van der Waals surface area contributed by atoms with Crippen molar-refractivity contribution in [2.45, 2.75) is 6.61 Å². The zero-order valence-electron chi connectivity index (χ0n) is 9.34. The maximum atomic E-state index is 12.7. The van der Waals surface area contributed by atoms with Gasteiger partial charge in [-0.1, -0.05) is 12.1 Å². The van der Waals surface area contributed by atoms with Gasteiger partial charge in [0.2, 0.25) is 5.88 Å². The molecule has 0 radical (unpaired) electrons. The predicted octanol–water partition coefficient (Wildman–Crippen LogP) is 1.59. The van der Waals surface area contributed by atoms with Gasteiger partial charge in [-0.15, -0.1) is 0 Å². The van der Waals surface area contributed by atoms with Gasteiger partial charge in [-0.2, -0.15) is 0 Å². The number of aldehydes is 1. The molecule has 2 rings (SSSR count). The van der Waals surface area contributed by atoms with E-state index in [1.165, 1.54) is 18.5 Å². The lowest BCUT2D eigenvalue weighted by atomic mass is 10.2. The Kier molecular flexibility index (Phi) is 3.47. The fourth-order valence-corrected chi connectivity index (χ4v) is 1.35. The number of benzene rings is 1. The van der Waals surface area contributed by atoms with E-state index in [0.717, 1.165) is 5.56 Å². The number of nitrogens with zero attached hydrogens (tertiary/aromatic N) is 2. The summed E-state index contributed by atoms with van der Waals surface area (Å²) in [6, 6.07) is 5.82. The molecule has 0 atom stereocenters. The molecule has 6 heteroatoms. The maximum Gasteiger partial charge on any atom is 0.229 e. The summed E-state index contributed by atoms with van der Waals surface area (Å²) < 4.78 is 18.0. The van der Waals surface area contributed by atoms with Gasteiger partial charge >= 0.3 is 0 Å². The van der Waals surface area contributed by atoms with Crippen LogP contribution in [0.1, 0.15) is 15.9 Å². The number of carbonyl (C=O) groups is 1. The SMILES string of the molecule is Nc1ncnc(OCc2ccc(F)cc2)c1C=O. The molecule has 5 nitrogen and oxygen atoms in total. The smallest absolute Gasteiger partial charge is 0.229 e. The number of hydrogen-bond donors (Lipinski definition) is 1. The van der Waals surface area contributed by atoms with Gasteiger partial charge in [-0.25, -0.2) is 14.4 Å². The van der Waals surface area contributed by atoms with Crippen molar-refractivity contribution >= 4 is 12.1 Å². The number of ether oxygens (including phenoxy) is 1. The predicted molar refractivity (Wildman–Crippen MR) is 62.6 cm³/mol. The second kappa shape index (κ2) is 5.22. The molecule has 0 amide bonds. The summed E-state index contributed by atoms with van der Waals surface area (Å²) in [5.74, 6) is -0.144. The molecule has 1 aromatic carbocycles. The molecule has 92 valence electrons. The molecule has 0 bridgehead atoms. The lowest BCUT2D eigenvalue weighted by Crippen LogP contribution is -2.05. The largest absolute Gasteiger partial charge is 0.472 e. The van der Waals surface area contributed by atoms with Crippen molar-refractivity contribution in [3.8, 4) is 5.88 Å². The first kappa shape index (κ1) is 12.0. The van der Waals surface area contributed by atoms with Gasteiger partial charge in [0.05, 0.1) is 0 Å². The molecule has 0 saturated carbocycles. The van der Waals surface area contributed by atoms with Crippen LogP contribution in [-0.2, 0) is 6.61 Å². The third-order valence-electron chi connectivity index (χ3n) is 2.28. The summed E-state index contributed by atoms with van der Waals surface area (Å²) in [7, 11) is 0. The first-order valence-corrected chi connectivity index (χ1v) is 5.13. The lowest BCUT2D eigenvalue weighted by Gasteiger charge is -2.07. The fourth-order valence-electron chi connectivity index (χ4n) is 1.35. The van der Waals surface area contributed by atoms with Gasteiger partial charge in [-0.05, 0) is 17.7 Å². The molecule has 0 aliphatic carbocycles. The van der Waals surface area contributed by atoms with E-state index in [1.807, 2.05) is 0 Å². The van der Waals surface area contributed by atoms with E-state index < -0.39 is 0 Å². The van der Waals surface area contributed by atoms with Crippen LogP contribution in [0.3, 0.4) is 0 Å². The van der Waals surface area contributed by atoms with Crippen molar-refractivity contribution in [2.24, 2.45) is 0 Å². The second-order valence-corrected chi connectivity index (χ2v) is 3.51. The van der Waals surface area contributed by atoms with Crippen LogP contribution in [0.2, 0.25) is 0 Å². The monoisotopic (exact) mass is 247 g/mol. The third kappa shape index (κ3) is 2.60. The van der Waals surface area contributed by atoms with Crippen LogP contribution in [0.5, 0.6) is 5.88 Å². The highest BCUT2D eigenvalue weighted by Crippen LogP contribution is 2.18. The number of nitrogen functional groups attached to an aromatic ring is 1. The van der Waals surface area contributed by atoms with Crippen molar-refractivity contribution in [1.82, 2.24) is 9.97 Å². The lowest BCUT2D eigenvalue weighted by molar-refractivity contribution is 0.111. The minimum absolute atomic E-state index is 0.0640. The Bertz CT molecular complexity index is 558. The van der Waals surface area contributed by atoms with Crippen molar-refractivity contribution < 1.29 is 13.9 Å². The van der Waals surface area contributed by atoms with Gasteiger partial charge in [0, 0.05) is 0 Å². The van der Waals surface area contributed by atoms with Crippen molar-refractivity contribution in [2.75, 3.05) is 5.73 Å². The Morgan fingerprint density at radius 1 is 1.28 bits per heavy atom. The summed E-state index contributed by atoms with van der Waals surface area (Å²) in [6.07, 6.45) is 1.75. The molecule has 1 aromatic heterocycles. The fraction of sp³-hybridized carbons (Fsp3) is 0.0833. The number of nitrogens with two attached hydrogens (primary N) is 1. The van der Waals surface area contributed by atoms with Crippen molar-refractivity contribution in [3.63, 3.8) is 0 Å². The van der Waals surface area contributed by atoms with Gasteiger partial charge in [0.15, 0.2) is 6.29 Å². The third-order valence-corrected chi connectivity index (χ3v) is 2.28. The van der Waals surface area contributed by atoms with Crippen LogP contribution in [0.15, 0.2) is 30.6 Å². The minimum Gasteiger partial charge on any atom is -0.472 e. The number of carbonyl (C=O) groups excluding carboxylic acids is 1.